The fourth-order valence-corrected chi connectivity index (χ4v) is 2.16. The molecule has 0 bridgehead atoms. The number of unbranched alkanes of at least 4 members (excludes halogenated alkanes) is 1. The van der Waals surface area contributed by atoms with Crippen molar-refractivity contribution in [3.05, 3.63) is 52.3 Å². The highest BCUT2D eigenvalue weighted by molar-refractivity contribution is 5.61. The Bertz CT molecular complexity index is 607. The molecule has 0 saturated heterocycles. The molecule has 0 unspecified atom stereocenters. The third kappa shape index (κ3) is 4.16. The van der Waals surface area contributed by atoms with Crippen LogP contribution in [0.4, 0.5) is 5.69 Å². The Hall–Kier alpha value is -2.14. The van der Waals surface area contributed by atoms with Gasteiger partial charge in [0, 0.05) is 17.7 Å². The molecule has 5 heteroatoms. The lowest BCUT2D eigenvalue weighted by Crippen LogP contribution is -2.18. The van der Waals surface area contributed by atoms with Gasteiger partial charge in [-0.3, -0.25) is 15.0 Å². The van der Waals surface area contributed by atoms with Crippen LogP contribution in [0.3, 0.4) is 0 Å². The number of furan rings is 1. The summed E-state index contributed by atoms with van der Waals surface area (Å²) < 4.78 is 5.79. The fourth-order valence-electron chi connectivity index (χ4n) is 2.16. The molecule has 2 aromatic rings. The van der Waals surface area contributed by atoms with E-state index in [1.165, 1.54) is 18.6 Å². The second-order valence-corrected chi connectivity index (χ2v) is 5.16. The van der Waals surface area contributed by atoms with Crippen LogP contribution in [0.15, 0.2) is 40.8 Å². The lowest BCUT2D eigenvalue weighted by atomic mass is 10.1. The zero-order valence-corrected chi connectivity index (χ0v) is 12.4. The first-order valence-corrected chi connectivity index (χ1v) is 7.12. The van der Waals surface area contributed by atoms with Crippen LogP contribution in [0.5, 0.6) is 0 Å². The zero-order chi connectivity index (χ0) is 15.2. The van der Waals surface area contributed by atoms with Crippen LogP contribution in [0.25, 0.3) is 11.3 Å². The number of non-ortho nitro benzene ring substituents is 1. The Morgan fingerprint density at radius 1 is 1.29 bits per heavy atom. The van der Waals surface area contributed by atoms with Gasteiger partial charge < -0.3 is 4.42 Å². The summed E-state index contributed by atoms with van der Waals surface area (Å²) in [6.07, 6.45) is 2.33. The number of nitro groups is 1. The van der Waals surface area contributed by atoms with Crippen LogP contribution < -0.4 is 0 Å². The van der Waals surface area contributed by atoms with Gasteiger partial charge in [0.1, 0.15) is 11.5 Å². The van der Waals surface area contributed by atoms with E-state index < -0.39 is 4.92 Å². The van der Waals surface area contributed by atoms with Gasteiger partial charge in [0.15, 0.2) is 0 Å². The Kier molecular flexibility index (Phi) is 5.11. The summed E-state index contributed by atoms with van der Waals surface area (Å²) in [6.45, 7) is 3.94. The molecule has 0 radical (unpaired) electrons. The third-order valence-electron chi connectivity index (χ3n) is 3.32. The molecule has 0 saturated carbocycles. The average molecular weight is 288 g/mol. The lowest BCUT2D eigenvalue weighted by molar-refractivity contribution is -0.384. The molecule has 1 heterocycles. The number of hydrogen-bond donors (Lipinski definition) is 0. The van der Waals surface area contributed by atoms with Crippen LogP contribution in [-0.2, 0) is 6.54 Å². The highest BCUT2D eigenvalue weighted by Gasteiger charge is 2.11. The standard InChI is InChI=1S/C16H20N2O3/c1-3-4-10-17(2)12-15-8-9-16(21-15)13-6-5-7-14(11-13)18(19)20/h5-9,11H,3-4,10,12H2,1-2H3. The number of nitrogens with zero attached hydrogens (tertiary/aromatic N) is 2. The van der Waals surface area contributed by atoms with Crippen molar-refractivity contribution in [3.63, 3.8) is 0 Å². The summed E-state index contributed by atoms with van der Waals surface area (Å²) in [5.41, 5.74) is 0.803. The first-order valence-electron chi connectivity index (χ1n) is 7.12. The van der Waals surface area contributed by atoms with Crippen molar-refractivity contribution in [1.29, 1.82) is 0 Å². The zero-order valence-electron chi connectivity index (χ0n) is 12.4. The Labute approximate surface area is 124 Å². The summed E-state index contributed by atoms with van der Waals surface area (Å²) in [5.74, 6) is 1.53. The van der Waals surface area contributed by atoms with Crippen molar-refractivity contribution >= 4 is 5.69 Å². The van der Waals surface area contributed by atoms with E-state index in [2.05, 4.69) is 18.9 Å². The Morgan fingerprint density at radius 3 is 2.81 bits per heavy atom. The highest BCUT2D eigenvalue weighted by Crippen LogP contribution is 2.26. The van der Waals surface area contributed by atoms with E-state index in [9.17, 15) is 10.1 Å². The van der Waals surface area contributed by atoms with Crippen LogP contribution in [0, 0.1) is 10.1 Å². The van der Waals surface area contributed by atoms with E-state index in [0.717, 1.165) is 30.8 Å². The third-order valence-corrected chi connectivity index (χ3v) is 3.32. The summed E-state index contributed by atoms with van der Waals surface area (Å²) in [7, 11) is 2.06. The first kappa shape index (κ1) is 15.3. The van der Waals surface area contributed by atoms with Gasteiger partial charge in [-0.15, -0.1) is 0 Å². The van der Waals surface area contributed by atoms with Crippen LogP contribution in [-0.4, -0.2) is 23.4 Å². The smallest absolute Gasteiger partial charge is 0.270 e. The van der Waals surface area contributed by atoms with Crippen molar-refractivity contribution in [2.24, 2.45) is 0 Å². The van der Waals surface area contributed by atoms with Gasteiger partial charge in [0.05, 0.1) is 11.5 Å². The second kappa shape index (κ2) is 7.04. The topological polar surface area (TPSA) is 59.5 Å². The number of benzene rings is 1. The molecule has 2 rings (SSSR count). The minimum absolute atomic E-state index is 0.0745. The first-order chi connectivity index (χ1) is 10.1. The van der Waals surface area contributed by atoms with Gasteiger partial charge in [-0.25, -0.2) is 0 Å². The van der Waals surface area contributed by atoms with Crippen LogP contribution in [0.1, 0.15) is 25.5 Å². The summed E-state index contributed by atoms with van der Waals surface area (Å²) >= 11 is 0. The molecular formula is C16H20N2O3. The van der Waals surface area contributed by atoms with Gasteiger partial charge in [-0.05, 0) is 32.1 Å². The molecule has 0 fully saturated rings. The predicted molar refractivity (Wildman–Crippen MR) is 82.0 cm³/mol. The van der Waals surface area contributed by atoms with E-state index in [1.807, 2.05) is 18.2 Å². The van der Waals surface area contributed by atoms with Crippen molar-refractivity contribution in [2.45, 2.75) is 26.3 Å². The molecule has 1 aromatic carbocycles. The minimum Gasteiger partial charge on any atom is -0.460 e. The molecule has 0 N–H and O–H groups in total. The van der Waals surface area contributed by atoms with Gasteiger partial charge in [-0.1, -0.05) is 25.5 Å². The molecule has 5 nitrogen and oxygen atoms in total. The summed E-state index contributed by atoms with van der Waals surface area (Å²) in [4.78, 5) is 12.6. The summed E-state index contributed by atoms with van der Waals surface area (Å²) in [5, 5.41) is 10.8. The molecule has 0 atom stereocenters. The van der Waals surface area contributed by atoms with Gasteiger partial charge in [0.25, 0.3) is 5.69 Å². The highest BCUT2D eigenvalue weighted by atomic mass is 16.6. The van der Waals surface area contributed by atoms with Crippen molar-refractivity contribution in [3.8, 4) is 11.3 Å². The quantitative estimate of drug-likeness (QED) is 0.569. The van der Waals surface area contributed by atoms with Crippen molar-refractivity contribution in [1.82, 2.24) is 4.90 Å². The van der Waals surface area contributed by atoms with E-state index in [-0.39, 0.29) is 5.69 Å². The lowest BCUT2D eigenvalue weighted by Gasteiger charge is -2.13. The fraction of sp³-hybridized carbons (Fsp3) is 0.375. The molecule has 0 aliphatic heterocycles. The van der Waals surface area contributed by atoms with E-state index in [4.69, 9.17) is 4.42 Å². The van der Waals surface area contributed by atoms with E-state index >= 15 is 0 Å². The second-order valence-electron chi connectivity index (χ2n) is 5.16. The SMILES string of the molecule is CCCCN(C)Cc1ccc(-c2cccc([N+](=O)[O-])c2)o1. The summed E-state index contributed by atoms with van der Waals surface area (Å²) in [6, 6.07) is 10.3. The Balaban J connectivity index is 2.09. The maximum absolute atomic E-state index is 10.8. The molecule has 0 amide bonds. The molecule has 0 aliphatic rings. The number of nitro benzene ring substituents is 1. The monoisotopic (exact) mass is 288 g/mol. The van der Waals surface area contributed by atoms with Crippen molar-refractivity contribution < 1.29 is 9.34 Å². The van der Waals surface area contributed by atoms with E-state index in [1.54, 1.807) is 6.07 Å². The Morgan fingerprint density at radius 2 is 2.10 bits per heavy atom. The molecule has 21 heavy (non-hydrogen) atoms. The van der Waals surface area contributed by atoms with Gasteiger partial charge >= 0.3 is 0 Å². The largest absolute Gasteiger partial charge is 0.460 e. The molecule has 0 aliphatic carbocycles. The minimum atomic E-state index is -0.397. The number of rotatable bonds is 7. The molecule has 1 aromatic heterocycles. The van der Waals surface area contributed by atoms with Crippen LogP contribution in [0.2, 0.25) is 0 Å². The van der Waals surface area contributed by atoms with Gasteiger partial charge in [0.2, 0.25) is 0 Å². The molecular weight excluding hydrogens is 268 g/mol. The predicted octanol–water partition coefficient (Wildman–Crippen LogP) is 4.09. The maximum Gasteiger partial charge on any atom is 0.270 e. The molecule has 0 spiro atoms. The average Bonchev–Trinajstić information content (AvgIpc) is 2.93. The van der Waals surface area contributed by atoms with Crippen molar-refractivity contribution in [2.75, 3.05) is 13.6 Å². The van der Waals surface area contributed by atoms with E-state index in [0.29, 0.717) is 5.76 Å². The number of hydrogen-bond acceptors (Lipinski definition) is 4. The van der Waals surface area contributed by atoms with Crippen LogP contribution >= 0.6 is 0 Å². The van der Waals surface area contributed by atoms with Gasteiger partial charge in [-0.2, -0.15) is 0 Å². The molecule has 112 valence electrons. The normalized spacial score (nSPS) is 11.0. The maximum atomic E-state index is 10.8.